The Morgan fingerprint density at radius 3 is 2.43 bits per heavy atom. The summed E-state index contributed by atoms with van der Waals surface area (Å²) >= 11 is 0. The number of rotatable bonds is 5. The van der Waals surface area contributed by atoms with Gasteiger partial charge < -0.3 is 14.4 Å². The van der Waals surface area contributed by atoms with Crippen molar-refractivity contribution in [2.75, 3.05) is 19.7 Å². The van der Waals surface area contributed by atoms with E-state index in [1.165, 1.54) is 44.6 Å². The number of nitrogens with zero attached hydrogens (tertiary/aromatic N) is 1. The Kier molecular flexibility index (Phi) is 4.27. The molecular formula is C23H28FNO3. The maximum absolute atomic E-state index is 14.1. The van der Waals surface area contributed by atoms with Gasteiger partial charge in [-0.3, -0.25) is 4.79 Å². The average Bonchev–Trinajstić information content (AvgIpc) is 2.98. The van der Waals surface area contributed by atoms with Gasteiger partial charge in [0.1, 0.15) is 0 Å². The third-order valence-corrected chi connectivity index (χ3v) is 7.46. The Hall–Kier alpha value is -1.88. The second kappa shape index (κ2) is 6.58. The molecule has 0 radical (unpaired) electrons. The highest BCUT2D eigenvalue weighted by atomic mass is 19.1. The average molecular weight is 385 g/mol. The van der Waals surface area contributed by atoms with Crippen molar-refractivity contribution in [2.45, 2.75) is 45.4 Å². The van der Waals surface area contributed by atoms with Gasteiger partial charge in [-0.15, -0.1) is 0 Å². The number of aliphatic hydroxyl groups is 1. The molecule has 0 aliphatic heterocycles. The summed E-state index contributed by atoms with van der Waals surface area (Å²) in [6.07, 6.45) is 7.66. The van der Waals surface area contributed by atoms with E-state index >= 15 is 0 Å². The summed E-state index contributed by atoms with van der Waals surface area (Å²) in [5, 5.41) is 10.3. The van der Waals surface area contributed by atoms with Gasteiger partial charge in [0.25, 0.3) is 5.91 Å². The van der Waals surface area contributed by atoms with Crippen LogP contribution >= 0.6 is 0 Å². The summed E-state index contributed by atoms with van der Waals surface area (Å²) in [6, 6.07) is 4.76. The molecule has 28 heavy (non-hydrogen) atoms. The van der Waals surface area contributed by atoms with Crippen molar-refractivity contribution in [1.29, 1.82) is 0 Å². The highest BCUT2D eigenvalue weighted by molar-refractivity contribution is 5.99. The van der Waals surface area contributed by atoms with Gasteiger partial charge in [0, 0.05) is 24.0 Å². The van der Waals surface area contributed by atoms with Crippen molar-refractivity contribution in [1.82, 2.24) is 4.90 Å². The molecule has 6 rings (SSSR count). The molecule has 0 spiro atoms. The van der Waals surface area contributed by atoms with Gasteiger partial charge in [-0.05, 0) is 74.7 Å². The smallest absolute Gasteiger partial charge is 0.289 e. The molecule has 4 bridgehead atoms. The maximum atomic E-state index is 14.1. The second-order valence-electron chi connectivity index (χ2n) is 9.54. The van der Waals surface area contributed by atoms with Crippen molar-refractivity contribution in [3.05, 3.63) is 35.3 Å². The molecule has 0 unspecified atom stereocenters. The number of aryl methyl sites for hydroxylation is 1. The van der Waals surface area contributed by atoms with E-state index in [1.807, 2.05) is 0 Å². The summed E-state index contributed by atoms with van der Waals surface area (Å²) in [4.78, 5) is 15.1. The molecule has 4 fully saturated rings. The van der Waals surface area contributed by atoms with Gasteiger partial charge in [0.15, 0.2) is 17.2 Å². The molecule has 4 saturated carbocycles. The highest BCUT2D eigenvalue weighted by Crippen LogP contribution is 2.60. The minimum atomic E-state index is -0.450. The van der Waals surface area contributed by atoms with E-state index in [0.717, 1.165) is 17.8 Å². The SMILES string of the molecule is Cc1c(C(=O)N(CCO)CC23CC4CC(CC(C4)C2)C3)oc2c(F)cccc12. The molecule has 150 valence electrons. The maximum Gasteiger partial charge on any atom is 0.289 e. The van der Waals surface area contributed by atoms with Crippen LogP contribution in [0.1, 0.15) is 54.6 Å². The van der Waals surface area contributed by atoms with E-state index in [1.54, 1.807) is 24.0 Å². The summed E-state index contributed by atoms with van der Waals surface area (Å²) in [7, 11) is 0. The van der Waals surface area contributed by atoms with E-state index in [9.17, 15) is 14.3 Å². The number of furan rings is 1. The van der Waals surface area contributed by atoms with E-state index in [4.69, 9.17) is 4.42 Å². The number of halogens is 1. The van der Waals surface area contributed by atoms with Crippen molar-refractivity contribution in [2.24, 2.45) is 23.2 Å². The fourth-order valence-electron chi connectivity index (χ4n) is 6.82. The van der Waals surface area contributed by atoms with Crippen LogP contribution in [0.5, 0.6) is 0 Å². The number of aliphatic hydroxyl groups excluding tert-OH is 1. The second-order valence-corrected chi connectivity index (χ2v) is 9.54. The quantitative estimate of drug-likeness (QED) is 0.823. The number of hydrogen-bond donors (Lipinski definition) is 1. The lowest BCUT2D eigenvalue weighted by Gasteiger charge is -2.57. The highest BCUT2D eigenvalue weighted by Gasteiger charge is 2.51. The van der Waals surface area contributed by atoms with Crippen LogP contribution in [-0.2, 0) is 0 Å². The van der Waals surface area contributed by atoms with Crippen LogP contribution < -0.4 is 0 Å². The van der Waals surface area contributed by atoms with E-state index in [-0.39, 0.29) is 29.3 Å². The van der Waals surface area contributed by atoms with Crippen LogP contribution in [0.3, 0.4) is 0 Å². The Balaban J connectivity index is 1.45. The van der Waals surface area contributed by atoms with Crippen molar-refractivity contribution < 1.29 is 18.7 Å². The van der Waals surface area contributed by atoms with Gasteiger partial charge in [-0.2, -0.15) is 0 Å². The molecule has 0 saturated heterocycles. The Bertz CT molecular complexity index is 883. The number of carbonyl (C=O) groups excluding carboxylic acids is 1. The number of benzene rings is 1. The lowest BCUT2D eigenvalue weighted by molar-refractivity contribution is -0.0664. The van der Waals surface area contributed by atoms with Crippen molar-refractivity contribution in [3.63, 3.8) is 0 Å². The molecule has 0 atom stereocenters. The van der Waals surface area contributed by atoms with Gasteiger partial charge in [0.05, 0.1) is 6.61 Å². The first kappa shape index (κ1) is 18.2. The Labute approximate surface area is 164 Å². The molecule has 5 heteroatoms. The zero-order valence-electron chi connectivity index (χ0n) is 16.4. The molecule has 4 aliphatic rings. The number of para-hydroxylation sites is 1. The van der Waals surface area contributed by atoms with E-state index < -0.39 is 5.82 Å². The first-order chi connectivity index (χ1) is 13.5. The summed E-state index contributed by atoms with van der Waals surface area (Å²) in [5.74, 6) is 1.95. The third-order valence-electron chi connectivity index (χ3n) is 7.46. The van der Waals surface area contributed by atoms with Gasteiger partial charge >= 0.3 is 0 Å². The van der Waals surface area contributed by atoms with Crippen LogP contribution in [-0.4, -0.2) is 35.6 Å². The fraction of sp³-hybridized carbons (Fsp3) is 0.609. The summed E-state index contributed by atoms with van der Waals surface area (Å²) in [5.41, 5.74) is 1.00. The van der Waals surface area contributed by atoms with Gasteiger partial charge in [0.2, 0.25) is 0 Å². The molecule has 1 amide bonds. The van der Waals surface area contributed by atoms with Crippen LogP contribution in [0, 0.1) is 35.9 Å². The molecule has 1 aromatic heterocycles. The van der Waals surface area contributed by atoms with Gasteiger partial charge in [-0.1, -0.05) is 12.1 Å². The number of fused-ring (bicyclic) bond motifs is 1. The number of amides is 1. The third kappa shape index (κ3) is 2.86. The zero-order chi connectivity index (χ0) is 19.5. The first-order valence-corrected chi connectivity index (χ1v) is 10.6. The molecule has 1 heterocycles. The van der Waals surface area contributed by atoms with Crippen LogP contribution in [0.2, 0.25) is 0 Å². The minimum Gasteiger partial charge on any atom is -0.448 e. The lowest BCUT2D eigenvalue weighted by atomic mass is 9.49. The largest absolute Gasteiger partial charge is 0.448 e. The zero-order valence-corrected chi connectivity index (χ0v) is 16.4. The monoisotopic (exact) mass is 385 g/mol. The molecule has 2 aromatic rings. The predicted octanol–water partition coefficient (Wildman–Crippen LogP) is 4.53. The van der Waals surface area contributed by atoms with Crippen LogP contribution in [0.25, 0.3) is 11.0 Å². The summed E-state index contributed by atoms with van der Waals surface area (Å²) < 4.78 is 19.8. The molecule has 4 nitrogen and oxygen atoms in total. The van der Waals surface area contributed by atoms with Crippen LogP contribution in [0.4, 0.5) is 4.39 Å². The number of carbonyl (C=O) groups is 1. The molecule has 4 aliphatic carbocycles. The standard InChI is InChI=1S/C23H28FNO3/c1-14-18-3-2-4-19(24)21(18)28-20(14)22(27)25(5-6-26)13-23-10-15-7-16(11-23)9-17(8-15)12-23/h2-4,15-17,26H,5-13H2,1H3. The molecular weight excluding hydrogens is 357 g/mol. The Morgan fingerprint density at radius 2 is 1.86 bits per heavy atom. The topological polar surface area (TPSA) is 53.7 Å². The predicted molar refractivity (Wildman–Crippen MR) is 105 cm³/mol. The first-order valence-electron chi connectivity index (χ1n) is 10.6. The fourth-order valence-corrected chi connectivity index (χ4v) is 6.82. The summed E-state index contributed by atoms with van der Waals surface area (Å²) in [6.45, 7) is 2.69. The van der Waals surface area contributed by atoms with Crippen molar-refractivity contribution >= 4 is 16.9 Å². The van der Waals surface area contributed by atoms with Gasteiger partial charge in [-0.25, -0.2) is 4.39 Å². The molecule has 1 N–H and O–H groups in total. The normalized spacial score (nSPS) is 30.9. The molecule has 1 aromatic carbocycles. The van der Waals surface area contributed by atoms with E-state index in [2.05, 4.69) is 0 Å². The Morgan fingerprint density at radius 1 is 1.21 bits per heavy atom. The lowest BCUT2D eigenvalue weighted by Crippen LogP contribution is -2.52. The van der Waals surface area contributed by atoms with Crippen LogP contribution in [0.15, 0.2) is 22.6 Å². The number of hydrogen-bond acceptors (Lipinski definition) is 3. The van der Waals surface area contributed by atoms with E-state index in [0.29, 0.717) is 24.0 Å². The van der Waals surface area contributed by atoms with Crippen molar-refractivity contribution in [3.8, 4) is 0 Å². The minimum absolute atomic E-state index is 0.0776.